The average molecular weight is 389 g/mol. The van der Waals surface area contributed by atoms with Crippen molar-refractivity contribution in [3.63, 3.8) is 0 Å². The smallest absolute Gasteiger partial charge is 0.339 e. The van der Waals surface area contributed by atoms with Crippen molar-refractivity contribution in [1.82, 2.24) is 5.32 Å². The third kappa shape index (κ3) is 5.23. The van der Waals surface area contributed by atoms with Crippen LogP contribution in [0.2, 0.25) is 0 Å². The van der Waals surface area contributed by atoms with Crippen LogP contribution in [0.3, 0.4) is 0 Å². The Morgan fingerprint density at radius 1 is 0.828 bits per heavy atom. The summed E-state index contributed by atoms with van der Waals surface area (Å²) in [6.07, 6.45) is -0.955. The Kier molecular flexibility index (Phi) is 6.63. The van der Waals surface area contributed by atoms with Gasteiger partial charge in [-0.1, -0.05) is 66.7 Å². The van der Waals surface area contributed by atoms with Crippen LogP contribution in [0.1, 0.15) is 34.5 Å². The van der Waals surface area contributed by atoms with E-state index >= 15 is 0 Å². The normalized spacial score (nSPS) is 11.6. The van der Waals surface area contributed by atoms with Gasteiger partial charge in [-0.3, -0.25) is 4.79 Å². The summed E-state index contributed by atoms with van der Waals surface area (Å²) in [5, 5.41) is 2.99. The minimum Gasteiger partial charge on any atom is -0.497 e. The van der Waals surface area contributed by atoms with Gasteiger partial charge in [0.1, 0.15) is 5.75 Å². The number of carbonyl (C=O) groups excluding carboxylic acids is 2. The van der Waals surface area contributed by atoms with Crippen molar-refractivity contribution in [2.75, 3.05) is 7.11 Å². The van der Waals surface area contributed by atoms with Gasteiger partial charge in [0, 0.05) is 0 Å². The Labute approximate surface area is 170 Å². The molecule has 0 spiro atoms. The predicted octanol–water partition coefficient (Wildman–Crippen LogP) is 4.15. The number of hydrogen-bond acceptors (Lipinski definition) is 4. The fraction of sp³-hybridized carbons (Fsp3) is 0.167. The molecule has 0 aliphatic heterocycles. The number of esters is 1. The Morgan fingerprint density at radius 3 is 1.97 bits per heavy atom. The van der Waals surface area contributed by atoms with Crippen LogP contribution in [-0.2, 0) is 9.53 Å². The molecule has 0 radical (unpaired) electrons. The van der Waals surface area contributed by atoms with Crippen molar-refractivity contribution in [3.8, 4) is 5.75 Å². The second-order valence-corrected chi connectivity index (χ2v) is 6.54. The molecule has 29 heavy (non-hydrogen) atoms. The van der Waals surface area contributed by atoms with Crippen LogP contribution < -0.4 is 10.1 Å². The molecule has 0 saturated carbocycles. The maximum Gasteiger partial charge on any atom is 0.339 e. The summed E-state index contributed by atoms with van der Waals surface area (Å²) in [6.45, 7) is 1.56. The monoisotopic (exact) mass is 389 g/mol. The SMILES string of the molecule is COc1cccc(C(=O)OC(C)C(=O)NC(c2ccccc2)c2ccccc2)c1. The fourth-order valence-corrected chi connectivity index (χ4v) is 2.94. The maximum absolute atomic E-state index is 12.8. The Bertz CT molecular complexity index is 917. The molecule has 3 aromatic carbocycles. The van der Waals surface area contributed by atoms with E-state index in [1.54, 1.807) is 31.2 Å². The summed E-state index contributed by atoms with van der Waals surface area (Å²) in [5.74, 6) is -0.411. The zero-order chi connectivity index (χ0) is 20.6. The minimum absolute atomic E-state index is 0.326. The van der Waals surface area contributed by atoms with Crippen LogP contribution in [0.15, 0.2) is 84.9 Å². The summed E-state index contributed by atoms with van der Waals surface area (Å²) >= 11 is 0. The lowest BCUT2D eigenvalue weighted by molar-refractivity contribution is -0.129. The third-order valence-electron chi connectivity index (χ3n) is 4.51. The number of hydrogen-bond donors (Lipinski definition) is 1. The van der Waals surface area contributed by atoms with Gasteiger partial charge in [-0.2, -0.15) is 0 Å². The van der Waals surface area contributed by atoms with E-state index in [-0.39, 0.29) is 11.9 Å². The van der Waals surface area contributed by atoms with Crippen LogP contribution in [0.25, 0.3) is 0 Å². The van der Waals surface area contributed by atoms with E-state index in [2.05, 4.69) is 5.32 Å². The van der Waals surface area contributed by atoms with Crippen molar-refractivity contribution in [1.29, 1.82) is 0 Å². The molecule has 0 saturated heterocycles. The lowest BCUT2D eigenvalue weighted by atomic mass is 9.98. The van der Waals surface area contributed by atoms with E-state index in [1.807, 2.05) is 60.7 Å². The van der Waals surface area contributed by atoms with Gasteiger partial charge in [0.25, 0.3) is 5.91 Å². The first-order valence-electron chi connectivity index (χ1n) is 9.34. The molecule has 1 N–H and O–H groups in total. The van der Waals surface area contributed by atoms with Crippen molar-refractivity contribution < 1.29 is 19.1 Å². The second-order valence-electron chi connectivity index (χ2n) is 6.54. The predicted molar refractivity (Wildman–Crippen MR) is 111 cm³/mol. The van der Waals surface area contributed by atoms with E-state index < -0.39 is 12.1 Å². The van der Waals surface area contributed by atoms with Gasteiger partial charge in [-0.25, -0.2) is 4.79 Å². The lowest BCUT2D eigenvalue weighted by Crippen LogP contribution is -2.38. The molecule has 5 nitrogen and oxygen atoms in total. The molecule has 0 aliphatic rings. The van der Waals surface area contributed by atoms with Crippen LogP contribution in [0.5, 0.6) is 5.75 Å². The first-order valence-corrected chi connectivity index (χ1v) is 9.34. The molecule has 148 valence electrons. The van der Waals surface area contributed by atoms with Crippen molar-refractivity contribution in [2.24, 2.45) is 0 Å². The van der Waals surface area contributed by atoms with Gasteiger partial charge >= 0.3 is 5.97 Å². The van der Waals surface area contributed by atoms with Crippen molar-refractivity contribution in [2.45, 2.75) is 19.1 Å². The topological polar surface area (TPSA) is 64.6 Å². The molecule has 0 aliphatic carbocycles. The molecule has 1 atom stereocenters. The number of methoxy groups -OCH3 is 1. The van der Waals surface area contributed by atoms with Gasteiger partial charge in [-0.15, -0.1) is 0 Å². The highest BCUT2D eigenvalue weighted by Crippen LogP contribution is 2.22. The van der Waals surface area contributed by atoms with E-state index in [9.17, 15) is 9.59 Å². The Hall–Kier alpha value is -3.60. The molecule has 3 rings (SSSR count). The minimum atomic E-state index is -0.955. The van der Waals surface area contributed by atoms with Gasteiger partial charge in [0.2, 0.25) is 0 Å². The molecule has 0 heterocycles. The maximum atomic E-state index is 12.8. The zero-order valence-corrected chi connectivity index (χ0v) is 16.4. The largest absolute Gasteiger partial charge is 0.497 e. The van der Waals surface area contributed by atoms with Gasteiger partial charge < -0.3 is 14.8 Å². The van der Waals surface area contributed by atoms with Crippen LogP contribution in [0.4, 0.5) is 0 Å². The number of carbonyl (C=O) groups is 2. The van der Waals surface area contributed by atoms with Crippen molar-refractivity contribution in [3.05, 3.63) is 102 Å². The highest BCUT2D eigenvalue weighted by atomic mass is 16.5. The van der Waals surface area contributed by atoms with Crippen molar-refractivity contribution >= 4 is 11.9 Å². The van der Waals surface area contributed by atoms with Crippen LogP contribution in [0, 0.1) is 0 Å². The summed E-state index contributed by atoms with van der Waals surface area (Å²) in [6, 6.07) is 25.6. The molecule has 0 aromatic heterocycles. The zero-order valence-electron chi connectivity index (χ0n) is 16.4. The van der Waals surface area contributed by atoms with Gasteiger partial charge in [0.05, 0.1) is 18.7 Å². The van der Waals surface area contributed by atoms with E-state index in [0.717, 1.165) is 11.1 Å². The van der Waals surface area contributed by atoms with Gasteiger partial charge in [-0.05, 0) is 36.2 Å². The number of nitrogens with one attached hydrogen (secondary N) is 1. The molecular formula is C24H23NO4. The lowest BCUT2D eigenvalue weighted by Gasteiger charge is -2.22. The quantitative estimate of drug-likeness (QED) is 0.617. The number of ether oxygens (including phenoxy) is 2. The summed E-state index contributed by atoms with van der Waals surface area (Å²) in [7, 11) is 1.52. The van der Waals surface area contributed by atoms with Crippen LogP contribution in [-0.4, -0.2) is 25.1 Å². The number of benzene rings is 3. The first kappa shape index (κ1) is 20.1. The molecule has 0 bridgehead atoms. The van der Waals surface area contributed by atoms with Crippen LogP contribution >= 0.6 is 0 Å². The summed E-state index contributed by atoms with van der Waals surface area (Å²) in [5.41, 5.74) is 2.21. The van der Waals surface area contributed by atoms with E-state index in [4.69, 9.17) is 9.47 Å². The van der Waals surface area contributed by atoms with E-state index in [1.165, 1.54) is 7.11 Å². The molecule has 0 fully saturated rings. The van der Waals surface area contributed by atoms with E-state index in [0.29, 0.717) is 11.3 Å². The number of rotatable bonds is 7. The summed E-state index contributed by atoms with van der Waals surface area (Å²) in [4.78, 5) is 25.2. The number of amides is 1. The molecule has 1 amide bonds. The molecule has 3 aromatic rings. The molecular weight excluding hydrogens is 366 g/mol. The van der Waals surface area contributed by atoms with Gasteiger partial charge in [0.15, 0.2) is 6.10 Å². The first-order chi connectivity index (χ1) is 14.1. The average Bonchev–Trinajstić information content (AvgIpc) is 2.78. The highest BCUT2D eigenvalue weighted by molar-refractivity contribution is 5.92. The standard InChI is InChI=1S/C24H23NO4/c1-17(29-24(27)20-14-9-15-21(16-20)28-2)23(26)25-22(18-10-5-3-6-11-18)19-12-7-4-8-13-19/h3-17,22H,1-2H3,(H,25,26). The Balaban J connectivity index is 1.73. The molecule has 5 heteroatoms. The summed E-state index contributed by atoms with van der Waals surface area (Å²) < 4.78 is 10.5. The highest BCUT2D eigenvalue weighted by Gasteiger charge is 2.23. The Morgan fingerprint density at radius 2 is 1.41 bits per heavy atom. The second kappa shape index (κ2) is 9.55. The molecule has 1 unspecified atom stereocenters. The third-order valence-corrected chi connectivity index (χ3v) is 4.51. The fourth-order valence-electron chi connectivity index (χ4n) is 2.94.